The summed E-state index contributed by atoms with van der Waals surface area (Å²) in [6.07, 6.45) is 2.63. The fourth-order valence-corrected chi connectivity index (χ4v) is 3.41. The second kappa shape index (κ2) is 10.4. The first kappa shape index (κ1) is 22.7. The lowest BCUT2D eigenvalue weighted by Gasteiger charge is -2.15. The van der Waals surface area contributed by atoms with Gasteiger partial charge in [0.25, 0.3) is 11.8 Å². The summed E-state index contributed by atoms with van der Waals surface area (Å²) < 4.78 is 18.9. The zero-order chi connectivity index (χ0) is 22.4. The lowest BCUT2D eigenvalue weighted by Crippen LogP contribution is -2.34. The van der Waals surface area contributed by atoms with Crippen LogP contribution in [-0.2, 0) is 14.3 Å². The highest BCUT2D eigenvalue weighted by Gasteiger charge is 2.38. The number of carbonyl (C=O) groups is 2. The molecule has 0 aromatic heterocycles. The van der Waals surface area contributed by atoms with Crippen LogP contribution in [0, 0.1) is 19.7 Å². The summed E-state index contributed by atoms with van der Waals surface area (Å²) in [7, 11) is 0. The maximum Gasteiger partial charge on any atom is 0.278 e. The van der Waals surface area contributed by atoms with Gasteiger partial charge in [-0.15, -0.1) is 0 Å². The third kappa shape index (κ3) is 5.39. The minimum atomic E-state index is -0.379. The molecule has 3 rings (SSSR count). The van der Waals surface area contributed by atoms with Crippen LogP contribution in [0.3, 0.4) is 0 Å². The zero-order valence-electron chi connectivity index (χ0n) is 18.3. The molecule has 0 unspecified atom stereocenters. The van der Waals surface area contributed by atoms with Gasteiger partial charge in [-0.05, 0) is 67.6 Å². The number of hydrogen-bond donors (Lipinski definition) is 1. The van der Waals surface area contributed by atoms with Gasteiger partial charge in [-0.1, -0.05) is 31.5 Å². The number of amides is 2. The second-order valence-electron chi connectivity index (χ2n) is 7.76. The van der Waals surface area contributed by atoms with E-state index in [2.05, 4.69) is 12.2 Å². The molecule has 2 amide bonds. The van der Waals surface area contributed by atoms with Crippen LogP contribution in [0.4, 0.5) is 10.1 Å². The number of nitrogens with one attached hydrogen (secondary N) is 1. The summed E-state index contributed by atoms with van der Waals surface area (Å²) in [6.45, 7) is 7.53. The molecule has 0 spiro atoms. The Kier molecular flexibility index (Phi) is 7.58. The number of unbranched alkanes of at least 4 members (excludes halogenated alkanes) is 1. The fraction of sp³-hybridized carbons (Fsp3) is 0.360. The molecule has 0 bridgehead atoms. The van der Waals surface area contributed by atoms with Crippen molar-refractivity contribution < 1.29 is 18.7 Å². The van der Waals surface area contributed by atoms with E-state index in [1.807, 2.05) is 32.0 Å². The van der Waals surface area contributed by atoms with E-state index < -0.39 is 0 Å². The molecule has 0 atom stereocenters. The minimum Gasteiger partial charge on any atom is -0.381 e. The van der Waals surface area contributed by atoms with Crippen molar-refractivity contribution in [1.82, 2.24) is 4.90 Å². The topological polar surface area (TPSA) is 58.6 Å². The summed E-state index contributed by atoms with van der Waals surface area (Å²) in [6, 6.07) is 11.4. The standard InChI is InChI=1S/C25H29FN2O3/c1-4-5-14-31-15-6-13-28-24(29)22(19-8-7-17(2)18(3)16-19)23(25(28)30)27-21-11-9-20(26)10-12-21/h7-12,16,27H,4-6,13-15H2,1-3H3. The van der Waals surface area contributed by atoms with Crippen molar-refractivity contribution in [2.75, 3.05) is 25.1 Å². The van der Waals surface area contributed by atoms with Gasteiger partial charge in [0, 0.05) is 25.4 Å². The summed E-state index contributed by atoms with van der Waals surface area (Å²) in [5, 5.41) is 3.05. The van der Waals surface area contributed by atoms with Gasteiger partial charge >= 0.3 is 0 Å². The van der Waals surface area contributed by atoms with Crippen molar-refractivity contribution in [3.8, 4) is 0 Å². The first-order valence-corrected chi connectivity index (χ1v) is 10.7. The number of rotatable bonds is 10. The monoisotopic (exact) mass is 424 g/mol. The molecular formula is C25H29FN2O3. The highest BCUT2D eigenvalue weighted by Crippen LogP contribution is 2.31. The predicted octanol–water partition coefficient (Wildman–Crippen LogP) is 4.84. The van der Waals surface area contributed by atoms with Gasteiger partial charge in [0.2, 0.25) is 0 Å². The Morgan fingerprint density at radius 1 is 0.935 bits per heavy atom. The number of anilines is 1. The lowest BCUT2D eigenvalue weighted by molar-refractivity contribution is -0.137. The second-order valence-corrected chi connectivity index (χ2v) is 7.76. The maximum absolute atomic E-state index is 13.3. The Morgan fingerprint density at radius 2 is 1.65 bits per heavy atom. The molecule has 1 aliphatic heterocycles. The van der Waals surface area contributed by atoms with Gasteiger partial charge in [0.05, 0.1) is 5.57 Å². The van der Waals surface area contributed by atoms with Gasteiger partial charge in [0.15, 0.2) is 0 Å². The molecule has 0 saturated carbocycles. The van der Waals surface area contributed by atoms with Crippen LogP contribution in [0.25, 0.3) is 5.57 Å². The molecule has 5 nitrogen and oxygen atoms in total. The quantitative estimate of drug-likeness (QED) is 0.438. The smallest absolute Gasteiger partial charge is 0.278 e. The fourth-order valence-electron chi connectivity index (χ4n) is 3.41. The van der Waals surface area contributed by atoms with E-state index in [1.54, 1.807) is 12.1 Å². The lowest BCUT2D eigenvalue weighted by atomic mass is 9.99. The molecule has 0 saturated heterocycles. The number of aryl methyl sites for hydroxylation is 2. The number of imide groups is 1. The van der Waals surface area contributed by atoms with E-state index in [1.165, 1.54) is 17.0 Å². The Morgan fingerprint density at radius 3 is 2.32 bits per heavy atom. The van der Waals surface area contributed by atoms with Gasteiger partial charge in [-0.2, -0.15) is 0 Å². The van der Waals surface area contributed by atoms with Crippen LogP contribution in [0.1, 0.15) is 42.9 Å². The molecule has 2 aromatic rings. The number of ether oxygens (including phenoxy) is 1. The van der Waals surface area contributed by atoms with E-state index in [4.69, 9.17) is 4.74 Å². The van der Waals surface area contributed by atoms with Crippen LogP contribution < -0.4 is 5.32 Å². The van der Waals surface area contributed by atoms with Crippen molar-refractivity contribution in [2.24, 2.45) is 0 Å². The third-order valence-corrected chi connectivity index (χ3v) is 5.39. The van der Waals surface area contributed by atoms with Crippen molar-refractivity contribution in [2.45, 2.75) is 40.0 Å². The normalized spacial score (nSPS) is 14.0. The molecule has 1 aliphatic rings. The van der Waals surface area contributed by atoms with E-state index >= 15 is 0 Å². The number of nitrogens with zero attached hydrogens (tertiary/aromatic N) is 1. The number of halogens is 1. The molecule has 164 valence electrons. The van der Waals surface area contributed by atoms with Crippen LogP contribution in [0.2, 0.25) is 0 Å². The Bertz CT molecular complexity index is 983. The summed E-state index contributed by atoms with van der Waals surface area (Å²) in [4.78, 5) is 27.7. The average Bonchev–Trinajstić information content (AvgIpc) is 2.98. The molecule has 0 radical (unpaired) electrons. The van der Waals surface area contributed by atoms with Gasteiger partial charge in [0.1, 0.15) is 11.5 Å². The van der Waals surface area contributed by atoms with Crippen LogP contribution in [-0.4, -0.2) is 36.5 Å². The molecule has 31 heavy (non-hydrogen) atoms. The van der Waals surface area contributed by atoms with E-state index in [0.29, 0.717) is 36.5 Å². The third-order valence-electron chi connectivity index (χ3n) is 5.39. The van der Waals surface area contributed by atoms with Gasteiger partial charge < -0.3 is 10.1 Å². The van der Waals surface area contributed by atoms with E-state index in [9.17, 15) is 14.0 Å². The largest absolute Gasteiger partial charge is 0.381 e. The number of carbonyl (C=O) groups excluding carboxylic acids is 2. The summed E-state index contributed by atoms with van der Waals surface area (Å²) in [5.74, 6) is -1.07. The highest BCUT2D eigenvalue weighted by molar-refractivity contribution is 6.36. The number of benzene rings is 2. The molecule has 6 heteroatoms. The summed E-state index contributed by atoms with van der Waals surface area (Å²) in [5.41, 5.74) is 3.93. The first-order valence-electron chi connectivity index (χ1n) is 10.7. The van der Waals surface area contributed by atoms with E-state index in [0.717, 1.165) is 24.0 Å². The first-order chi connectivity index (χ1) is 14.9. The van der Waals surface area contributed by atoms with Gasteiger partial charge in [-0.25, -0.2) is 4.39 Å². The van der Waals surface area contributed by atoms with E-state index in [-0.39, 0.29) is 29.9 Å². The van der Waals surface area contributed by atoms with Crippen LogP contribution >= 0.6 is 0 Å². The highest BCUT2D eigenvalue weighted by atomic mass is 19.1. The molecular weight excluding hydrogens is 395 g/mol. The Hall–Kier alpha value is -2.99. The Labute approximate surface area is 182 Å². The molecule has 0 fully saturated rings. The molecule has 0 aliphatic carbocycles. The van der Waals surface area contributed by atoms with Crippen molar-refractivity contribution in [3.63, 3.8) is 0 Å². The minimum absolute atomic E-state index is 0.215. The summed E-state index contributed by atoms with van der Waals surface area (Å²) >= 11 is 0. The molecule has 2 aromatic carbocycles. The number of hydrogen-bond acceptors (Lipinski definition) is 4. The van der Waals surface area contributed by atoms with Crippen molar-refractivity contribution in [3.05, 3.63) is 70.7 Å². The van der Waals surface area contributed by atoms with Crippen molar-refractivity contribution in [1.29, 1.82) is 0 Å². The SMILES string of the molecule is CCCCOCCCN1C(=O)C(Nc2ccc(F)cc2)=C(c2ccc(C)c(C)c2)C1=O. The Balaban J connectivity index is 1.85. The van der Waals surface area contributed by atoms with Gasteiger partial charge in [-0.3, -0.25) is 14.5 Å². The maximum atomic E-state index is 13.3. The average molecular weight is 425 g/mol. The molecule has 1 heterocycles. The van der Waals surface area contributed by atoms with Crippen LogP contribution in [0.5, 0.6) is 0 Å². The van der Waals surface area contributed by atoms with Crippen LogP contribution in [0.15, 0.2) is 48.2 Å². The van der Waals surface area contributed by atoms with Crippen molar-refractivity contribution >= 4 is 23.1 Å². The molecule has 1 N–H and O–H groups in total. The predicted molar refractivity (Wildman–Crippen MR) is 120 cm³/mol. The zero-order valence-corrected chi connectivity index (χ0v) is 18.3.